The molecule has 0 aliphatic heterocycles. The van der Waals surface area contributed by atoms with Crippen LogP contribution in [0, 0.1) is 0 Å². The van der Waals surface area contributed by atoms with E-state index in [1.807, 2.05) is 5.38 Å². The SMILES string of the molecule is O=C(O)C(OCCCl)c1cc(Br)cs1. The van der Waals surface area contributed by atoms with Gasteiger partial charge in [-0.05, 0) is 22.0 Å². The first-order valence-corrected chi connectivity index (χ1v) is 6.00. The summed E-state index contributed by atoms with van der Waals surface area (Å²) in [6, 6.07) is 1.73. The van der Waals surface area contributed by atoms with Gasteiger partial charge < -0.3 is 9.84 Å². The summed E-state index contributed by atoms with van der Waals surface area (Å²) in [5.41, 5.74) is 0. The fourth-order valence-corrected chi connectivity index (χ4v) is 2.48. The van der Waals surface area contributed by atoms with Gasteiger partial charge in [0.05, 0.1) is 6.61 Å². The molecule has 14 heavy (non-hydrogen) atoms. The molecular formula is C8H8BrClO3S. The molecule has 0 amide bonds. The van der Waals surface area contributed by atoms with Gasteiger partial charge in [-0.3, -0.25) is 0 Å². The number of carboxylic acid groups (broad SMARTS) is 1. The van der Waals surface area contributed by atoms with E-state index < -0.39 is 12.1 Å². The van der Waals surface area contributed by atoms with Gasteiger partial charge in [-0.1, -0.05) is 0 Å². The van der Waals surface area contributed by atoms with Crippen LogP contribution in [0.5, 0.6) is 0 Å². The summed E-state index contributed by atoms with van der Waals surface area (Å²) in [7, 11) is 0. The van der Waals surface area contributed by atoms with Crippen LogP contribution in [0.1, 0.15) is 11.0 Å². The topological polar surface area (TPSA) is 46.5 Å². The van der Waals surface area contributed by atoms with Gasteiger partial charge in [-0.2, -0.15) is 0 Å². The smallest absolute Gasteiger partial charge is 0.338 e. The molecule has 0 fully saturated rings. The van der Waals surface area contributed by atoms with Crippen LogP contribution in [0.4, 0.5) is 0 Å². The number of carboxylic acids is 1. The van der Waals surface area contributed by atoms with Crippen molar-refractivity contribution in [3.8, 4) is 0 Å². The highest BCUT2D eigenvalue weighted by atomic mass is 79.9. The second-order valence-electron chi connectivity index (χ2n) is 2.45. The molecule has 0 aliphatic carbocycles. The molecule has 0 spiro atoms. The van der Waals surface area contributed by atoms with Crippen molar-refractivity contribution in [1.29, 1.82) is 0 Å². The number of carbonyl (C=O) groups is 1. The first-order valence-electron chi connectivity index (χ1n) is 3.79. The fourth-order valence-electron chi connectivity index (χ4n) is 0.903. The zero-order valence-electron chi connectivity index (χ0n) is 7.07. The minimum Gasteiger partial charge on any atom is -0.479 e. The lowest BCUT2D eigenvalue weighted by Crippen LogP contribution is -2.15. The summed E-state index contributed by atoms with van der Waals surface area (Å²) < 4.78 is 5.97. The predicted octanol–water partition coefficient (Wildman–Crippen LogP) is 2.89. The van der Waals surface area contributed by atoms with E-state index in [9.17, 15) is 4.79 Å². The van der Waals surface area contributed by atoms with Crippen molar-refractivity contribution in [2.45, 2.75) is 6.10 Å². The third-order valence-corrected chi connectivity index (χ3v) is 3.32. The number of rotatable bonds is 5. The van der Waals surface area contributed by atoms with E-state index in [4.69, 9.17) is 21.4 Å². The van der Waals surface area contributed by atoms with Crippen LogP contribution in [0.3, 0.4) is 0 Å². The molecule has 1 unspecified atom stereocenters. The Bertz CT molecular complexity index is 315. The maximum Gasteiger partial charge on any atom is 0.338 e. The van der Waals surface area contributed by atoms with Crippen molar-refractivity contribution in [2.24, 2.45) is 0 Å². The Morgan fingerprint density at radius 3 is 2.93 bits per heavy atom. The van der Waals surface area contributed by atoms with E-state index in [0.717, 1.165) is 4.47 Å². The predicted molar refractivity (Wildman–Crippen MR) is 59.1 cm³/mol. The average Bonchev–Trinajstić information content (AvgIpc) is 2.52. The summed E-state index contributed by atoms with van der Waals surface area (Å²) in [6.45, 7) is 0.230. The van der Waals surface area contributed by atoms with E-state index in [1.54, 1.807) is 6.07 Å². The first-order chi connectivity index (χ1) is 6.65. The summed E-state index contributed by atoms with van der Waals surface area (Å²) in [4.78, 5) is 11.5. The van der Waals surface area contributed by atoms with Crippen LogP contribution in [0.25, 0.3) is 0 Å². The highest BCUT2D eigenvalue weighted by molar-refractivity contribution is 9.10. The third-order valence-electron chi connectivity index (χ3n) is 1.43. The summed E-state index contributed by atoms with van der Waals surface area (Å²) in [5.74, 6) is -0.708. The Balaban J connectivity index is 2.72. The number of ether oxygens (including phenoxy) is 1. The third kappa shape index (κ3) is 3.24. The molecule has 0 saturated heterocycles. The molecule has 3 nitrogen and oxygen atoms in total. The molecular weight excluding hydrogens is 292 g/mol. The van der Waals surface area contributed by atoms with Crippen LogP contribution in [0.15, 0.2) is 15.9 Å². The number of aliphatic carboxylic acids is 1. The van der Waals surface area contributed by atoms with Crippen molar-refractivity contribution in [1.82, 2.24) is 0 Å². The normalized spacial score (nSPS) is 12.7. The van der Waals surface area contributed by atoms with E-state index >= 15 is 0 Å². The summed E-state index contributed by atoms with van der Waals surface area (Å²) in [5, 5.41) is 10.7. The minimum atomic E-state index is -0.996. The van der Waals surface area contributed by atoms with Gasteiger partial charge in [-0.25, -0.2) is 4.79 Å². The molecule has 0 aromatic carbocycles. The van der Waals surface area contributed by atoms with Crippen LogP contribution < -0.4 is 0 Å². The Labute approximate surface area is 98.8 Å². The van der Waals surface area contributed by atoms with Gasteiger partial charge in [0.2, 0.25) is 0 Å². The average molecular weight is 300 g/mol. The molecule has 1 heterocycles. The molecule has 1 rings (SSSR count). The number of alkyl halides is 1. The molecule has 1 N–H and O–H groups in total. The number of hydrogen-bond acceptors (Lipinski definition) is 3. The molecule has 6 heteroatoms. The van der Waals surface area contributed by atoms with E-state index in [2.05, 4.69) is 15.9 Å². The van der Waals surface area contributed by atoms with E-state index in [1.165, 1.54) is 11.3 Å². The molecule has 0 radical (unpaired) electrons. The fraction of sp³-hybridized carbons (Fsp3) is 0.375. The lowest BCUT2D eigenvalue weighted by Gasteiger charge is -2.10. The van der Waals surface area contributed by atoms with Crippen LogP contribution >= 0.6 is 38.9 Å². The molecule has 0 saturated carbocycles. The van der Waals surface area contributed by atoms with Crippen LogP contribution in [-0.4, -0.2) is 23.6 Å². The highest BCUT2D eigenvalue weighted by Gasteiger charge is 2.21. The van der Waals surface area contributed by atoms with Gasteiger partial charge in [0.15, 0.2) is 6.10 Å². The second-order valence-corrected chi connectivity index (χ2v) is 4.68. The lowest BCUT2D eigenvalue weighted by molar-refractivity contribution is -0.150. The largest absolute Gasteiger partial charge is 0.479 e. The van der Waals surface area contributed by atoms with Gasteiger partial charge in [-0.15, -0.1) is 22.9 Å². The summed E-state index contributed by atoms with van der Waals surface area (Å²) >= 11 is 10.0. The summed E-state index contributed by atoms with van der Waals surface area (Å²) in [6.07, 6.45) is -0.912. The molecule has 78 valence electrons. The molecule has 1 aromatic rings. The standard InChI is InChI=1S/C8H8BrClO3S/c9-5-3-6(14-4-5)7(8(11)12)13-2-1-10/h3-4,7H,1-2H2,(H,11,12). The quantitative estimate of drug-likeness (QED) is 0.850. The van der Waals surface area contributed by atoms with Crippen molar-refractivity contribution in [2.75, 3.05) is 12.5 Å². The molecule has 1 aromatic heterocycles. The number of thiophene rings is 1. The maximum atomic E-state index is 10.8. The van der Waals surface area contributed by atoms with Gasteiger partial charge in [0.25, 0.3) is 0 Å². The van der Waals surface area contributed by atoms with Crippen molar-refractivity contribution in [3.05, 3.63) is 20.8 Å². The lowest BCUT2D eigenvalue weighted by atomic mass is 10.3. The van der Waals surface area contributed by atoms with Gasteiger partial charge >= 0.3 is 5.97 Å². The van der Waals surface area contributed by atoms with E-state index in [0.29, 0.717) is 4.88 Å². The van der Waals surface area contributed by atoms with Crippen LogP contribution in [-0.2, 0) is 9.53 Å². The number of halogens is 2. The highest BCUT2D eigenvalue weighted by Crippen LogP contribution is 2.28. The minimum absolute atomic E-state index is 0.230. The molecule has 0 bridgehead atoms. The van der Waals surface area contributed by atoms with E-state index in [-0.39, 0.29) is 12.5 Å². The molecule has 1 atom stereocenters. The maximum absolute atomic E-state index is 10.8. The Morgan fingerprint density at radius 2 is 2.50 bits per heavy atom. The Hall–Kier alpha value is -0.100. The van der Waals surface area contributed by atoms with Crippen molar-refractivity contribution >= 4 is 44.8 Å². The zero-order valence-corrected chi connectivity index (χ0v) is 10.2. The van der Waals surface area contributed by atoms with Crippen LogP contribution in [0.2, 0.25) is 0 Å². The number of hydrogen-bond donors (Lipinski definition) is 1. The zero-order chi connectivity index (χ0) is 10.6. The van der Waals surface area contributed by atoms with Gasteiger partial charge in [0.1, 0.15) is 0 Å². The Kier molecular flexibility index (Phi) is 4.88. The van der Waals surface area contributed by atoms with Crippen molar-refractivity contribution < 1.29 is 14.6 Å². The Morgan fingerprint density at radius 1 is 1.79 bits per heavy atom. The second kappa shape index (κ2) is 5.70. The van der Waals surface area contributed by atoms with Gasteiger partial charge in [0, 0.05) is 20.6 Å². The first kappa shape index (κ1) is 12.0. The van der Waals surface area contributed by atoms with Crippen molar-refractivity contribution in [3.63, 3.8) is 0 Å². The monoisotopic (exact) mass is 298 g/mol. The molecule has 0 aliphatic rings.